The number of aliphatic hydroxyl groups excluding tert-OH is 1. The van der Waals surface area contributed by atoms with Gasteiger partial charge in [0.1, 0.15) is 12.0 Å². The molecule has 0 aromatic heterocycles. The van der Waals surface area contributed by atoms with Gasteiger partial charge in [-0.3, -0.25) is 5.41 Å². The standard InChI is InChI=1S/C18H26N4.C2H4O/c1-3-13-9-10-15-16(11-13)22(17(19)12(2)21-15)18(20)14-7-5-4-6-8-14;1-2-3/h9-11,14,17,20-21H,2-8,19H2,1H3;2-3H,1H2. The molecule has 0 spiro atoms. The highest BCUT2D eigenvalue weighted by Gasteiger charge is 2.33. The monoisotopic (exact) mass is 342 g/mol. The van der Waals surface area contributed by atoms with Crippen molar-refractivity contribution in [2.45, 2.75) is 51.6 Å². The fourth-order valence-electron chi connectivity index (χ4n) is 3.51. The quantitative estimate of drug-likeness (QED) is 0.361. The first-order chi connectivity index (χ1) is 12.0. The summed E-state index contributed by atoms with van der Waals surface area (Å²) in [4.78, 5) is 1.99. The molecule has 1 aromatic rings. The van der Waals surface area contributed by atoms with Crippen LogP contribution >= 0.6 is 0 Å². The van der Waals surface area contributed by atoms with Crippen LogP contribution < -0.4 is 16.0 Å². The fraction of sp³-hybridized carbons (Fsp3) is 0.450. The number of benzene rings is 1. The zero-order valence-electron chi connectivity index (χ0n) is 15.1. The van der Waals surface area contributed by atoms with Crippen molar-refractivity contribution in [2.75, 3.05) is 10.2 Å². The molecular weight excluding hydrogens is 312 g/mol. The summed E-state index contributed by atoms with van der Waals surface area (Å²) >= 11 is 0. The summed E-state index contributed by atoms with van der Waals surface area (Å²) in [7, 11) is 0. The van der Waals surface area contributed by atoms with Gasteiger partial charge in [0.2, 0.25) is 0 Å². The van der Waals surface area contributed by atoms with Gasteiger partial charge in [-0.1, -0.05) is 45.4 Å². The van der Waals surface area contributed by atoms with Crippen LogP contribution in [0.2, 0.25) is 0 Å². The molecule has 3 rings (SSSR count). The third kappa shape index (κ3) is 4.23. The summed E-state index contributed by atoms with van der Waals surface area (Å²) in [6.07, 6.45) is 7.30. The molecule has 5 nitrogen and oxygen atoms in total. The van der Waals surface area contributed by atoms with Gasteiger partial charge in [-0.15, -0.1) is 0 Å². The highest BCUT2D eigenvalue weighted by atomic mass is 16.2. The minimum atomic E-state index is -0.367. The van der Waals surface area contributed by atoms with Gasteiger partial charge in [0, 0.05) is 11.6 Å². The molecule has 1 saturated carbocycles. The molecule has 1 fully saturated rings. The van der Waals surface area contributed by atoms with E-state index in [1.165, 1.54) is 24.8 Å². The number of hydrogen-bond acceptors (Lipinski definition) is 4. The first-order valence-corrected chi connectivity index (χ1v) is 9.00. The number of nitrogens with one attached hydrogen (secondary N) is 2. The van der Waals surface area contributed by atoms with E-state index in [0.717, 1.165) is 42.6 Å². The van der Waals surface area contributed by atoms with Crippen molar-refractivity contribution in [3.05, 3.63) is 48.9 Å². The Hall–Kier alpha value is -2.27. The number of aliphatic hydroxyl groups is 1. The summed E-state index contributed by atoms with van der Waals surface area (Å²) in [6.45, 7) is 9.10. The number of rotatable bonds is 2. The van der Waals surface area contributed by atoms with Crippen LogP contribution in [0.3, 0.4) is 0 Å². The molecule has 5 heteroatoms. The second-order valence-electron chi connectivity index (χ2n) is 6.57. The Morgan fingerprint density at radius 1 is 1.40 bits per heavy atom. The van der Waals surface area contributed by atoms with Crippen LogP contribution in [0.25, 0.3) is 0 Å². The van der Waals surface area contributed by atoms with Gasteiger partial charge in [-0.2, -0.15) is 0 Å². The van der Waals surface area contributed by atoms with Crippen LogP contribution in [0.1, 0.15) is 44.6 Å². The first kappa shape index (κ1) is 19.1. The van der Waals surface area contributed by atoms with E-state index >= 15 is 0 Å². The molecular formula is C20H30N4O. The van der Waals surface area contributed by atoms with Crippen molar-refractivity contribution in [1.29, 1.82) is 5.41 Å². The summed E-state index contributed by atoms with van der Waals surface area (Å²) in [5.74, 6) is 0.980. The van der Waals surface area contributed by atoms with Crippen LogP contribution in [0.4, 0.5) is 11.4 Å². The van der Waals surface area contributed by atoms with Crippen LogP contribution in [-0.2, 0) is 6.42 Å². The van der Waals surface area contributed by atoms with E-state index in [-0.39, 0.29) is 6.17 Å². The largest absolute Gasteiger partial charge is 0.516 e. The van der Waals surface area contributed by atoms with Gasteiger partial charge < -0.3 is 21.1 Å². The number of fused-ring (bicyclic) bond motifs is 1. The molecule has 0 radical (unpaired) electrons. The second kappa shape index (κ2) is 8.72. The SMILES string of the molecule is C=C1Nc2ccc(CC)cc2N(C(=N)C2CCCCC2)C1N.C=CO. The molecule has 136 valence electrons. The Kier molecular flexibility index (Phi) is 6.65. The van der Waals surface area contributed by atoms with Gasteiger partial charge in [0.05, 0.1) is 17.6 Å². The van der Waals surface area contributed by atoms with E-state index in [1.807, 2.05) is 4.90 Å². The number of amidine groups is 1. The molecule has 5 N–H and O–H groups in total. The molecule has 1 unspecified atom stereocenters. The lowest BCUT2D eigenvalue weighted by molar-refractivity contribution is 0.432. The smallest absolute Gasteiger partial charge is 0.123 e. The van der Waals surface area contributed by atoms with Crippen molar-refractivity contribution < 1.29 is 5.11 Å². The van der Waals surface area contributed by atoms with Crippen LogP contribution in [-0.4, -0.2) is 17.1 Å². The summed E-state index contributed by atoms with van der Waals surface area (Å²) in [5.41, 5.74) is 10.4. The lowest BCUT2D eigenvalue weighted by Crippen LogP contribution is -2.53. The maximum Gasteiger partial charge on any atom is 0.123 e. The number of anilines is 2. The number of hydrogen-bond donors (Lipinski definition) is 4. The van der Waals surface area contributed by atoms with Crippen molar-refractivity contribution in [1.82, 2.24) is 0 Å². The van der Waals surface area contributed by atoms with E-state index in [9.17, 15) is 0 Å². The van der Waals surface area contributed by atoms with E-state index < -0.39 is 0 Å². The second-order valence-corrected chi connectivity index (χ2v) is 6.57. The zero-order valence-corrected chi connectivity index (χ0v) is 15.1. The van der Waals surface area contributed by atoms with Crippen molar-refractivity contribution in [3.63, 3.8) is 0 Å². The molecule has 1 aromatic carbocycles. The summed E-state index contributed by atoms with van der Waals surface area (Å²) < 4.78 is 0. The van der Waals surface area contributed by atoms with Crippen LogP contribution in [0.5, 0.6) is 0 Å². The topological polar surface area (TPSA) is 85.4 Å². The molecule has 1 heterocycles. The number of nitrogens with two attached hydrogens (primary N) is 1. The van der Waals surface area contributed by atoms with Crippen LogP contribution in [0.15, 0.2) is 43.3 Å². The fourth-order valence-corrected chi connectivity index (χ4v) is 3.51. The molecule has 1 aliphatic carbocycles. The van der Waals surface area contributed by atoms with Crippen LogP contribution in [0, 0.1) is 11.3 Å². The van der Waals surface area contributed by atoms with Crippen molar-refractivity contribution >= 4 is 17.2 Å². The minimum absolute atomic E-state index is 0.323. The molecule has 0 amide bonds. The maximum absolute atomic E-state index is 8.73. The lowest BCUT2D eigenvalue weighted by atomic mass is 9.87. The Balaban J connectivity index is 0.000000701. The van der Waals surface area contributed by atoms with E-state index in [1.54, 1.807) is 0 Å². The van der Waals surface area contributed by atoms with Gasteiger partial charge in [0.25, 0.3) is 0 Å². The highest BCUT2D eigenvalue weighted by molar-refractivity contribution is 6.02. The predicted octanol–water partition coefficient (Wildman–Crippen LogP) is 4.52. The Bertz CT molecular complexity index is 635. The normalized spacial score (nSPS) is 20.0. The zero-order chi connectivity index (χ0) is 18.4. The average molecular weight is 342 g/mol. The summed E-state index contributed by atoms with van der Waals surface area (Å²) in [5, 5.41) is 19.4. The summed E-state index contributed by atoms with van der Waals surface area (Å²) in [6, 6.07) is 6.36. The minimum Gasteiger partial charge on any atom is -0.516 e. The average Bonchev–Trinajstić information content (AvgIpc) is 2.63. The Morgan fingerprint density at radius 3 is 2.64 bits per heavy atom. The maximum atomic E-state index is 8.73. The molecule has 0 saturated heterocycles. The van der Waals surface area contributed by atoms with Gasteiger partial charge >= 0.3 is 0 Å². The first-order valence-electron chi connectivity index (χ1n) is 9.00. The van der Waals surface area contributed by atoms with Gasteiger partial charge in [-0.25, -0.2) is 0 Å². The number of aryl methyl sites for hydroxylation is 1. The van der Waals surface area contributed by atoms with Gasteiger partial charge in [-0.05, 0) is 37.0 Å². The molecule has 25 heavy (non-hydrogen) atoms. The Labute approximate surface area is 150 Å². The van der Waals surface area contributed by atoms with Gasteiger partial charge in [0.15, 0.2) is 0 Å². The van der Waals surface area contributed by atoms with Crippen molar-refractivity contribution in [2.24, 2.45) is 11.7 Å². The lowest BCUT2D eigenvalue weighted by Gasteiger charge is -2.41. The third-order valence-corrected chi connectivity index (χ3v) is 4.91. The molecule has 2 aliphatic rings. The number of nitrogens with zero attached hydrogens (tertiary/aromatic N) is 1. The molecule has 0 bridgehead atoms. The molecule has 1 aliphatic heterocycles. The highest BCUT2D eigenvalue weighted by Crippen LogP contribution is 2.37. The van der Waals surface area contributed by atoms with E-state index in [4.69, 9.17) is 16.2 Å². The Morgan fingerprint density at radius 2 is 2.04 bits per heavy atom. The molecule has 1 atom stereocenters. The van der Waals surface area contributed by atoms with E-state index in [2.05, 4.69) is 43.6 Å². The van der Waals surface area contributed by atoms with Crippen molar-refractivity contribution in [3.8, 4) is 0 Å². The predicted molar refractivity (Wildman–Crippen MR) is 106 cm³/mol. The van der Waals surface area contributed by atoms with E-state index in [0.29, 0.717) is 11.8 Å². The third-order valence-electron chi connectivity index (χ3n) is 4.91.